The van der Waals surface area contributed by atoms with E-state index < -0.39 is 5.97 Å². The third-order valence-electron chi connectivity index (χ3n) is 5.45. The minimum absolute atomic E-state index is 0.140. The second-order valence-electron chi connectivity index (χ2n) is 7.46. The number of aryl methyl sites for hydroxylation is 2. The zero-order valence-corrected chi connectivity index (χ0v) is 16.7. The third-order valence-corrected chi connectivity index (χ3v) is 5.45. The Morgan fingerprint density at radius 2 is 2.04 bits per heavy atom. The fraction of sp³-hybridized carbons (Fsp3) is 0.524. The van der Waals surface area contributed by atoms with Gasteiger partial charge in [-0.1, -0.05) is 19.8 Å². The van der Waals surface area contributed by atoms with E-state index in [1.807, 2.05) is 6.92 Å². The first-order valence-electron chi connectivity index (χ1n) is 9.88. The van der Waals surface area contributed by atoms with Crippen LogP contribution in [0.1, 0.15) is 55.6 Å². The molecule has 0 radical (unpaired) electrons. The van der Waals surface area contributed by atoms with Crippen molar-refractivity contribution in [3.05, 3.63) is 39.8 Å². The first-order valence-corrected chi connectivity index (χ1v) is 9.88. The van der Waals surface area contributed by atoms with Gasteiger partial charge >= 0.3 is 5.97 Å². The molecule has 1 aromatic heterocycles. The SMILES string of the molecule is CCn1c(=O)c(C)nc2cc(C(=O)OCC(=O)N[C@H]3CCCC[C@H]3C)ccc21. The lowest BCUT2D eigenvalue weighted by Gasteiger charge is -2.29. The summed E-state index contributed by atoms with van der Waals surface area (Å²) in [7, 11) is 0. The third kappa shape index (κ3) is 4.24. The number of rotatable bonds is 5. The van der Waals surface area contributed by atoms with Gasteiger partial charge in [0.1, 0.15) is 5.69 Å². The quantitative estimate of drug-likeness (QED) is 0.799. The van der Waals surface area contributed by atoms with E-state index in [2.05, 4.69) is 17.2 Å². The summed E-state index contributed by atoms with van der Waals surface area (Å²) in [6.45, 7) is 5.88. The molecular weight excluding hydrogens is 358 g/mol. The number of nitrogens with zero attached hydrogens (tertiary/aromatic N) is 2. The van der Waals surface area contributed by atoms with E-state index in [4.69, 9.17) is 4.74 Å². The molecule has 150 valence electrons. The number of carbonyl (C=O) groups excluding carboxylic acids is 2. The minimum Gasteiger partial charge on any atom is -0.452 e. The number of benzene rings is 1. The molecule has 7 heteroatoms. The van der Waals surface area contributed by atoms with Crippen molar-refractivity contribution in [2.24, 2.45) is 5.92 Å². The van der Waals surface area contributed by atoms with Gasteiger partial charge in [-0.05, 0) is 50.8 Å². The largest absolute Gasteiger partial charge is 0.452 e. The van der Waals surface area contributed by atoms with Crippen molar-refractivity contribution in [2.75, 3.05) is 6.61 Å². The maximum absolute atomic E-state index is 12.4. The van der Waals surface area contributed by atoms with Gasteiger partial charge in [0.2, 0.25) is 0 Å². The van der Waals surface area contributed by atoms with Crippen LogP contribution in [0.5, 0.6) is 0 Å². The zero-order valence-electron chi connectivity index (χ0n) is 16.7. The first-order chi connectivity index (χ1) is 13.4. The predicted molar refractivity (Wildman–Crippen MR) is 106 cm³/mol. The average molecular weight is 385 g/mol. The highest BCUT2D eigenvalue weighted by Crippen LogP contribution is 2.23. The van der Waals surface area contributed by atoms with Gasteiger partial charge in [-0.15, -0.1) is 0 Å². The molecular formula is C21H27N3O4. The van der Waals surface area contributed by atoms with E-state index in [0.29, 0.717) is 34.8 Å². The van der Waals surface area contributed by atoms with Crippen LogP contribution in [-0.2, 0) is 16.1 Å². The summed E-state index contributed by atoms with van der Waals surface area (Å²) < 4.78 is 6.80. The van der Waals surface area contributed by atoms with Gasteiger partial charge < -0.3 is 14.6 Å². The smallest absolute Gasteiger partial charge is 0.338 e. The van der Waals surface area contributed by atoms with Crippen LogP contribution in [-0.4, -0.2) is 34.1 Å². The molecule has 1 aliphatic carbocycles. The van der Waals surface area contributed by atoms with Crippen LogP contribution in [0.4, 0.5) is 0 Å². The van der Waals surface area contributed by atoms with E-state index in [1.54, 1.807) is 29.7 Å². The lowest BCUT2D eigenvalue weighted by Crippen LogP contribution is -2.42. The van der Waals surface area contributed by atoms with Gasteiger partial charge in [0.05, 0.1) is 16.6 Å². The van der Waals surface area contributed by atoms with Crippen molar-refractivity contribution in [3.63, 3.8) is 0 Å². The molecule has 1 fully saturated rings. The van der Waals surface area contributed by atoms with Crippen LogP contribution in [0.25, 0.3) is 11.0 Å². The van der Waals surface area contributed by atoms with Gasteiger partial charge in [0.25, 0.3) is 11.5 Å². The monoisotopic (exact) mass is 385 g/mol. The Labute approximate surface area is 164 Å². The maximum atomic E-state index is 12.4. The Hall–Kier alpha value is -2.70. The number of fused-ring (bicyclic) bond motifs is 1. The summed E-state index contributed by atoms with van der Waals surface area (Å²) in [5, 5.41) is 2.97. The zero-order chi connectivity index (χ0) is 20.3. The van der Waals surface area contributed by atoms with E-state index in [9.17, 15) is 14.4 Å². The standard InChI is InChI=1S/C21H27N3O4/c1-4-24-18-10-9-15(11-17(18)22-14(3)20(24)26)21(27)28-12-19(25)23-16-8-6-5-7-13(16)2/h9-11,13,16H,4-8,12H2,1-3H3,(H,23,25)/t13-,16+/m1/s1. The van der Waals surface area contributed by atoms with E-state index in [1.165, 1.54) is 6.42 Å². The Bertz CT molecular complexity index is 951. The Balaban J connectivity index is 1.67. The maximum Gasteiger partial charge on any atom is 0.338 e. The second kappa shape index (κ2) is 8.54. The number of carbonyl (C=O) groups is 2. The van der Waals surface area contributed by atoms with E-state index >= 15 is 0 Å². The molecule has 1 heterocycles. The Morgan fingerprint density at radius 1 is 1.29 bits per heavy atom. The van der Waals surface area contributed by atoms with Crippen LogP contribution in [0.15, 0.2) is 23.0 Å². The fourth-order valence-electron chi connectivity index (χ4n) is 3.81. The summed E-state index contributed by atoms with van der Waals surface area (Å²) in [6.07, 6.45) is 4.39. The molecule has 1 saturated carbocycles. The Morgan fingerprint density at radius 3 is 2.75 bits per heavy atom. The lowest BCUT2D eigenvalue weighted by atomic mass is 9.86. The van der Waals surface area contributed by atoms with Crippen LogP contribution in [0.2, 0.25) is 0 Å². The number of amides is 1. The number of aromatic nitrogens is 2. The fourth-order valence-corrected chi connectivity index (χ4v) is 3.81. The van der Waals surface area contributed by atoms with Gasteiger partial charge in [-0.2, -0.15) is 0 Å². The molecule has 0 saturated heterocycles. The number of hydrogen-bond acceptors (Lipinski definition) is 5. The molecule has 28 heavy (non-hydrogen) atoms. The molecule has 0 aliphatic heterocycles. The number of esters is 1. The van der Waals surface area contributed by atoms with Crippen LogP contribution < -0.4 is 10.9 Å². The van der Waals surface area contributed by atoms with Crippen molar-refractivity contribution < 1.29 is 14.3 Å². The number of hydrogen-bond donors (Lipinski definition) is 1. The Kier molecular flexibility index (Phi) is 6.11. The molecule has 0 spiro atoms. The van der Waals surface area contributed by atoms with Gasteiger partial charge in [0, 0.05) is 12.6 Å². The molecule has 0 unspecified atom stereocenters. The van der Waals surface area contributed by atoms with E-state index in [0.717, 1.165) is 19.3 Å². The van der Waals surface area contributed by atoms with Gasteiger partial charge in [-0.3, -0.25) is 9.59 Å². The normalized spacial score (nSPS) is 19.4. The molecule has 1 aliphatic rings. The molecule has 2 aromatic rings. The molecule has 3 rings (SSSR count). The number of nitrogens with one attached hydrogen (secondary N) is 1. The molecule has 1 N–H and O–H groups in total. The van der Waals surface area contributed by atoms with Crippen molar-refractivity contribution in [1.82, 2.24) is 14.9 Å². The summed E-state index contributed by atoms with van der Waals surface area (Å²) >= 11 is 0. The molecule has 7 nitrogen and oxygen atoms in total. The number of ether oxygens (including phenoxy) is 1. The van der Waals surface area contributed by atoms with Crippen molar-refractivity contribution in [3.8, 4) is 0 Å². The second-order valence-corrected chi connectivity index (χ2v) is 7.46. The van der Waals surface area contributed by atoms with Gasteiger partial charge in [0.15, 0.2) is 6.61 Å². The van der Waals surface area contributed by atoms with Gasteiger partial charge in [-0.25, -0.2) is 9.78 Å². The molecule has 0 bridgehead atoms. The van der Waals surface area contributed by atoms with Crippen LogP contribution in [0.3, 0.4) is 0 Å². The van der Waals surface area contributed by atoms with Crippen molar-refractivity contribution in [1.29, 1.82) is 0 Å². The molecule has 1 amide bonds. The minimum atomic E-state index is -0.581. The van der Waals surface area contributed by atoms with Crippen molar-refractivity contribution in [2.45, 2.75) is 59.0 Å². The highest BCUT2D eigenvalue weighted by Gasteiger charge is 2.23. The lowest BCUT2D eigenvalue weighted by molar-refractivity contribution is -0.125. The van der Waals surface area contributed by atoms with Crippen LogP contribution >= 0.6 is 0 Å². The molecule has 2 atom stereocenters. The summed E-state index contributed by atoms with van der Waals surface area (Å²) in [6, 6.07) is 5.03. The molecule has 1 aromatic carbocycles. The van der Waals surface area contributed by atoms with E-state index in [-0.39, 0.29) is 24.1 Å². The summed E-state index contributed by atoms with van der Waals surface area (Å²) in [5.41, 5.74) is 1.76. The highest BCUT2D eigenvalue weighted by molar-refractivity contribution is 5.94. The van der Waals surface area contributed by atoms with Crippen LogP contribution in [0, 0.1) is 12.8 Å². The first kappa shape index (κ1) is 20.0. The summed E-state index contributed by atoms with van der Waals surface area (Å²) in [5.74, 6) is -0.413. The topological polar surface area (TPSA) is 90.3 Å². The van der Waals surface area contributed by atoms with Crippen molar-refractivity contribution >= 4 is 22.9 Å². The summed E-state index contributed by atoms with van der Waals surface area (Å²) in [4.78, 5) is 40.9. The highest BCUT2D eigenvalue weighted by atomic mass is 16.5. The average Bonchev–Trinajstić information content (AvgIpc) is 2.68. The predicted octanol–water partition coefficient (Wildman–Crippen LogP) is 2.58.